The van der Waals surface area contributed by atoms with Crippen molar-refractivity contribution < 1.29 is 33.8 Å². The van der Waals surface area contributed by atoms with Gasteiger partial charge in [-0.25, -0.2) is 4.90 Å². The Morgan fingerprint density at radius 3 is 2.22 bits per heavy atom. The second kappa shape index (κ2) is 10.3. The predicted molar refractivity (Wildman–Crippen MR) is 165 cm³/mol. The molecule has 0 bridgehead atoms. The van der Waals surface area contributed by atoms with Crippen LogP contribution in [0.4, 0.5) is 11.4 Å². The Kier molecular flexibility index (Phi) is 6.54. The van der Waals surface area contributed by atoms with E-state index in [0.29, 0.717) is 28.9 Å². The van der Waals surface area contributed by atoms with E-state index in [0.717, 1.165) is 5.57 Å². The number of allylic oxidation sites excluding steroid dienone is 2. The lowest BCUT2D eigenvalue weighted by Crippen LogP contribution is -2.48. The normalized spacial score (nSPS) is 28.9. The van der Waals surface area contributed by atoms with Gasteiger partial charge in [0.15, 0.2) is 17.3 Å². The van der Waals surface area contributed by atoms with Gasteiger partial charge in [-0.1, -0.05) is 35.9 Å². The predicted octanol–water partition coefficient (Wildman–Crippen LogP) is 5.04. The van der Waals surface area contributed by atoms with Gasteiger partial charge in [-0.15, -0.1) is 0 Å². The summed E-state index contributed by atoms with van der Waals surface area (Å²) in [5.41, 5.74) is 1.68. The summed E-state index contributed by atoms with van der Waals surface area (Å²) >= 11 is 0. The van der Waals surface area contributed by atoms with E-state index in [-0.39, 0.29) is 47.3 Å². The molecule has 2 heterocycles. The van der Waals surface area contributed by atoms with Gasteiger partial charge in [0.25, 0.3) is 0 Å². The van der Waals surface area contributed by atoms with Gasteiger partial charge in [0, 0.05) is 11.5 Å². The Balaban J connectivity index is 1.35. The number of aromatic hydroxyl groups is 1. The van der Waals surface area contributed by atoms with E-state index in [2.05, 4.69) is 0 Å². The Bertz CT molecular complexity index is 1810. The molecule has 0 unspecified atom stereocenters. The van der Waals surface area contributed by atoms with Crippen LogP contribution in [0.15, 0.2) is 84.4 Å². The van der Waals surface area contributed by atoms with Crippen LogP contribution in [-0.4, -0.2) is 41.6 Å². The van der Waals surface area contributed by atoms with Crippen molar-refractivity contribution in [1.29, 1.82) is 0 Å². The Morgan fingerprint density at radius 2 is 1.56 bits per heavy atom. The molecule has 1 saturated carbocycles. The molecule has 0 spiro atoms. The minimum Gasteiger partial charge on any atom is -0.504 e. The maximum Gasteiger partial charge on any atom is 0.241 e. The van der Waals surface area contributed by atoms with Gasteiger partial charge in [0.2, 0.25) is 23.6 Å². The second-order valence-corrected chi connectivity index (χ2v) is 12.5. The fourth-order valence-corrected chi connectivity index (χ4v) is 8.19. The van der Waals surface area contributed by atoms with Crippen LogP contribution >= 0.6 is 0 Å². The van der Waals surface area contributed by atoms with E-state index in [1.54, 1.807) is 60.7 Å². The third-order valence-corrected chi connectivity index (χ3v) is 10.4. The molecular formula is C36H32N2O7. The molecule has 4 aliphatic rings. The van der Waals surface area contributed by atoms with E-state index >= 15 is 0 Å². The SMILES string of the molecule is COc1cc([C@H]2C3=CC[C@@H]4C(=O)N(c5ccc(C(C)=O)cc5)C(=O)[C@@H]4[C@@H]3C[C@H]3C(=O)N(c4ccccc4)C(=O)[C@@]23C)ccc1O. The van der Waals surface area contributed by atoms with Crippen LogP contribution in [-0.2, 0) is 19.2 Å². The van der Waals surface area contributed by atoms with Gasteiger partial charge in [-0.2, -0.15) is 0 Å². The number of imide groups is 2. The summed E-state index contributed by atoms with van der Waals surface area (Å²) in [5, 5.41) is 10.4. The van der Waals surface area contributed by atoms with Crippen molar-refractivity contribution in [3.8, 4) is 11.5 Å². The Morgan fingerprint density at radius 1 is 0.867 bits per heavy atom. The maximum atomic E-state index is 14.5. The van der Waals surface area contributed by atoms with E-state index in [1.807, 2.05) is 19.1 Å². The van der Waals surface area contributed by atoms with Crippen molar-refractivity contribution in [3.05, 3.63) is 95.6 Å². The molecule has 6 atom stereocenters. The van der Waals surface area contributed by atoms with Gasteiger partial charge < -0.3 is 9.84 Å². The molecule has 228 valence electrons. The number of fused-ring (bicyclic) bond motifs is 4. The van der Waals surface area contributed by atoms with Crippen molar-refractivity contribution >= 4 is 40.8 Å². The fraction of sp³-hybridized carbons (Fsp3) is 0.306. The molecule has 3 aromatic rings. The first-order valence-corrected chi connectivity index (χ1v) is 15.1. The van der Waals surface area contributed by atoms with Crippen LogP contribution in [0, 0.1) is 29.1 Å². The van der Waals surface area contributed by atoms with E-state index < -0.39 is 35.0 Å². The second-order valence-electron chi connectivity index (χ2n) is 12.5. The monoisotopic (exact) mass is 604 g/mol. The van der Waals surface area contributed by atoms with Gasteiger partial charge in [0.1, 0.15) is 0 Å². The van der Waals surface area contributed by atoms with Crippen LogP contribution in [0.3, 0.4) is 0 Å². The average Bonchev–Trinajstić information content (AvgIpc) is 3.41. The molecule has 2 aliphatic carbocycles. The third-order valence-electron chi connectivity index (χ3n) is 10.4. The minimum absolute atomic E-state index is 0.0595. The van der Waals surface area contributed by atoms with E-state index in [4.69, 9.17) is 4.74 Å². The van der Waals surface area contributed by atoms with Crippen molar-refractivity contribution in [3.63, 3.8) is 0 Å². The number of Topliss-reactive ketones (excluding diaryl/α,β-unsaturated/α-hetero) is 1. The molecule has 3 aromatic carbocycles. The molecule has 2 saturated heterocycles. The number of amides is 4. The highest BCUT2D eigenvalue weighted by molar-refractivity contribution is 6.25. The van der Waals surface area contributed by atoms with Crippen molar-refractivity contribution in [2.45, 2.75) is 32.6 Å². The molecule has 4 amide bonds. The number of carbonyl (C=O) groups is 5. The number of carbonyl (C=O) groups excluding carboxylic acids is 5. The summed E-state index contributed by atoms with van der Waals surface area (Å²) in [6.07, 6.45) is 2.52. The highest BCUT2D eigenvalue weighted by Crippen LogP contribution is 2.64. The van der Waals surface area contributed by atoms with Crippen molar-refractivity contribution in [2.75, 3.05) is 16.9 Å². The summed E-state index contributed by atoms with van der Waals surface area (Å²) in [7, 11) is 1.44. The zero-order valence-electron chi connectivity index (χ0n) is 25.1. The number of methoxy groups -OCH3 is 1. The summed E-state index contributed by atoms with van der Waals surface area (Å²) in [6.45, 7) is 3.27. The number of ether oxygens (including phenoxy) is 1. The maximum absolute atomic E-state index is 14.5. The Labute approximate surface area is 260 Å². The quantitative estimate of drug-likeness (QED) is 0.246. The summed E-state index contributed by atoms with van der Waals surface area (Å²) in [4.78, 5) is 71.0. The largest absolute Gasteiger partial charge is 0.504 e. The van der Waals surface area contributed by atoms with Crippen LogP contribution in [0.1, 0.15) is 48.5 Å². The van der Waals surface area contributed by atoms with Crippen LogP contribution in [0.5, 0.6) is 11.5 Å². The third kappa shape index (κ3) is 4.02. The van der Waals surface area contributed by atoms with Crippen molar-refractivity contribution in [2.24, 2.45) is 29.1 Å². The zero-order chi connectivity index (χ0) is 31.8. The molecule has 2 aliphatic heterocycles. The first kappa shape index (κ1) is 28.7. The zero-order valence-corrected chi connectivity index (χ0v) is 25.1. The molecule has 1 N–H and O–H groups in total. The number of rotatable bonds is 5. The lowest BCUT2D eigenvalue weighted by atomic mass is 9.51. The molecule has 3 fully saturated rings. The summed E-state index contributed by atoms with van der Waals surface area (Å²) in [6, 6.07) is 20.2. The molecule has 9 nitrogen and oxygen atoms in total. The first-order chi connectivity index (χ1) is 21.6. The number of phenolic OH excluding ortho intramolecular Hbond substituents is 1. The molecule has 0 radical (unpaired) electrons. The number of ketones is 1. The lowest BCUT2D eigenvalue weighted by molar-refractivity contribution is -0.131. The van der Waals surface area contributed by atoms with Crippen LogP contribution in [0.2, 0.25) is 0 Å². The molecular weight excluding hydrogens is 572 g/mol. The van der Waals surface area contributed by atoms with E-state index in [9.17, 15) is 29.1 Å². The van der Waals surface area contributed by atoms with E-state index in [1.165, 1.54) is 29.9 Å². The number of phenols is 1. The van der Waals surface area contributed by atoms with Gasteiger partial charge in [0.05, 0.1) is 41.7 Å². The fourth-order valence-electron chi connectivity index (χ4n) is 8.19. The number of anilines is 2. The van der Waals surface area contributed by atoms with Crippen molar-refractivity contribution in [1.82, 2.24) is 0 Å². The molecule has 7 rings (SSSR count). The number of para-hydroxylation sites is 1. The van der Waals surface area contributed by atoms with Gasteiger partial charge in [-0.3, -0.25) is 28.9 Å². The number of hydrogen-bond acceptors (Lipinski definition) is 7. The molecule has 45 heavy (non-hydrogen) atoms. The standard InChI is InChI=1S/C36H32N2O7/c1-19(39)20-9-12-23(13-10-20)37-32(41)25-15-14-24-26(30(25)34(37)43)18-27-33(42)38(22-7-5-4-6-8-22)35(44)36(27,2)31(24)21-11-16-28(40)29(17-21)45-3/h4-14,16-17,25-27,30-31,40H,15,18H2,1-3H3/t25-,26+,27-,30-,31-,36+/m0/s1. The lowest BCUT2D eigenvalue weighted by Gasteiger charge is -2.49. The average molecular weight is 605 g/mol. The summed E-state index contributed by atoms with van der Waals surface area (Å²) < 4.78 is 5.42. The van der Waals surface area contributed by atoms with Gasteiger partial charge in [-0.05, 0) is 86.7 Å². The van der Waals surface area contributed by atoms with Crippen LogP contribution < -0.4 is 14.5 Å². The number of benzene rings is 3. The Hall–Kier alpha value is -5.05. The molecule has 0 aromatic heterocycles. The molecule has 9 heteroatoms. The minimum atomic E-state index is -1.20. The first-order valence-electron chi connectivity index (χ1n) is 15.1. The number of nitrogens with zero attached hydrogens (tertiary/aromatic N) is 2. The highest BCUT2D eigenvalue weighted by atomic mass is 16.5. The van der Waals surface area contributed by atoms with Crippen LogP contribution in [0.25, 0.3) is 0 Å². The number of hydrogen-bond donors (Lipinski definition) is 1. The highest BCUT2D eigenvalue weighted by Gasteiger charge is 2.67. The summed E-state index contributed by atoms with van der Waals surface area (Å²) in [5.74, 6) is -4.46. The topological polar surface area (TPSA) is 121 Å². The van der Waals surface area contributed by atoms with Gasteiger partial charge >= 0.3 is 0 Å². The smallest absolute Gasteiger partial charge is 0.241 e.